The Labute approximate surface area is 242 Å². The Bertz CT molecular complexity index is 1520. The molecular formula is C31H30FN5O3S. The molecule has 8 nitrogen and oxygen atoms in total. The molecule has 5 rings (SSSR count). The van der Waals surface area contributed by atoms with Crippen molar-refractivity contribution < 1.29 is 18.8 Å². The quantitative estimate of drug-likeness (QED) is 0.368. The minimum Gasteiger partial charge on any atom is -0.352 e. The Balaban J connectivity index is 1.31. The van der Waals surface area contributed by atoms with Crippen LogP contribution < -0.4 is 10.6 Å². The fourth-order valence-corrected chi connectivity index (χ4v) is 5.58. The van der Waals surface area contributed by atoms with Crippen LogP contribution in [0.25, 0.3) is 0 Å². The average Bonchev–Trinajstić information content (AvgIpc) is 3.31. The fourth-order valence-electron chi connectivity index (χ4n) is 4.56. The van der Waals surface area contributed by atoms with Gasteiger partial charge in [0.2, 0.25) is 11.8 Å². The molecule has 2 atom stereocenters. The van der Waals surface area contributed by atoms with Crippen molar-refractivity contribution in [1.29, 1.82) is 0 Å². The first-order chi connectivity index (χ1) is 19.9. The number of hydrogen-bond acceptors (Lipinski definition) is 6. The molecule has 2 N–H and O–H groups in total. The molecule has 10 heteroatoms. The zero-order valence-electron chi connectivity index (χ0n) is 22.8. The van der Waals surface area contributed by atoms with Crippen molar-refractivity contribution in [3.8, 4) is 0 Å². The molecule has 0 fully saturated rings. The van der Waals surface area contributed by atoms with Gasteiger partial charge in [-0.2, -0.15) is 0 Å². The van der Waals surface area contributed by atoms with Crippen LogP contribution in [0.4, 0.5) is 15.8 Å². The molecule has 2 aliphatic heterocycles. The number of aryl methyl sites for hydroxylation is 1. The third kappa shape index (κ3) is 6.38. The van der Waals surface area contributed by atoms with E-state index in [0.29, 0.717) is 34.4 Å². The van der Waals surface area contributed by atoms with E-state index >= 15 is 0 Å². The molecule has 2 aliphatic rings. The molecule has 3 amide bonds. The second kappa shape index (κ2) is 12.5. The summed E-state index contributed by atoms with van der Waals surface area (Å²) in [5, 5.41) is 5.58. The molecule has 2 heterocycles. The number of halogens is 1. The van der Waals surface area contributed by atoms with E-state index in [2.05, 4.69) is 22.5 Å². The van der Waals surface area contributed by atoms with Gasteiger partial charge >= 0.3 is 0 Å². The number of carbonyl (C=O) groups is 3. The number of nitrogens with zero attached hydrogens (tertiary/aromatic N) is 3. The lowest BCUT2D eigenvalue weighted by Gasteiger charge is -2.27. The monoisotopic (exact) mass is 571 g/mol. The summed E-state index contributed by atoms with van der Waals surface area (Å²) in [5.41, 5.74) is 3.95. The summed E-state index contributed by atoms with van der Waals surface area (Å²) < 4.78 is 13.2. The number of amides is 3. The van der Waals surface area contributed by atoms with Crippen LogP contribution >= 0.6 is 11.8 Å². The highest BCUT2D eigenvalue weighted by molar-refractivity contribution is 8.15. The summed E-state index contributed by atoms with van der Waals surface area (Å²) in [7, 11) is 0. The predicted molar refractivity (Wildman–Crippen MR) is 160 cm³/mol. The van der Waals surface area contributed by atoms with Gasteiger partial charge in [-0.1, -0.05) is 62.0 Å². The predicted octanol–water partition coefficient (Wildman–Crippen LogP) is 5.20. The number of rotatable bonds is 9. The van der Waals surface area contributed by atoms with Gasteiger partial charge in [0, 0.05) is 17.8 Å². The minimum absolute atomic E-state index is 0.147. The molecule has 0 saturated heterocycles. The van der Waals surface area contributed by atoms with Crippen molar-refractivity contribution in [2.45, 2.75) is 50.9 Å². The molecule has 0 spiro atoms. The first-order valence-corrected chi connectivity index (χ1v) is 14.4. The first-order valence-electron chi connectivity index (χ1n) is 13.5. The lowest BCUT2D eigenvalue weighted by molar-refractivity contribution is -0.128. The van der Waals surface area contributed by atoms with Crippen molar-refractivity contribution in [1.82, 2.24) is 10.2 Å². The summed E-state index contributed by atoms with van der Waals surface area (Å²) >= 11 is 1.21. The van der Waals surface area contributed by atoms with E-state index in [4.69, 9.17) is 4.99 Å². The zero-order chi connectivity index (χ0) is 28.9. The van der Waals surface area contributed by atoms with E-state index in [1.807, 2.05) is 55.5 Å². The van der Waals surface area contributed by atoms with Gasteiger partial charge in [0.25, 0.3) is 5.91 Å². The topological polar surface area (TPSA) is 103 Å². The number of amidine groups is 2. The van der Waals surface area contributed by atoms with Gasteiger partial charge in [0.15, 0.2) is 5.17 Å². The lowest BCUT2D eigenvalue weighted by Crippen LogP contribution is -2.43. The second-order valence-electron chi connectivity index (χ2n) is 9.72. The number of thioether (sulfide) groups is 1. The maximum atomic E-state index is 13.6. The molecule has 210 valence electrons. The number of benzene rings is 3. The number of hydrogen-bond donors (Lipinski definition) is 2. The summed E-state index contributed by atoms with van der Waals surface area (Å²) in [6.07, 6.45) is 1.27. The van der Waals surface area contributed by atoms with Crippen molar-refractivity contribution in [3.63, 3.8) is 0 Å². The van der Waals surface area contributed by atoms with Crippen molar-refractivity contribution in [3.05, 3.63) is 95.3 Å². The van der Waals surface area contributed by atoms with E-state index in [0.717, 1.165) is 12.0 Å². The van der Waals surface area contributed by atoms with Crippen LogP contribution in [-0.2, 0) is 27.3 Å². The van der Waals surface area contributed by atoms with Gasteiger partial charge in [-0.3, -0.25) is 19.4 Å². The molecule has 0 aliphatic carbocycles. The molecule has 0 bridgehead atoms. The Morgan fingerprint density at radius 2 is 1.71 bits per heavy atom. The highest BCUT2D eigenvalue weighted by Gasteiger charge is 2.43. The summed E-state index contributed by atoms with van der Waals surface area (Å²) in [6.45, 7) is 4.19. The number of para-hydroxylation sites is 1. The smallest absolute Gasteiger partial charge is 0.259 e. The zero-order valence-corrected chi connectivity index (χ0v) is 23.6. The van der Waals surface area contributed by atoms with E-state index in [9.17, 15) is 18.8 Å². The van der Waals surface area contributed by atoms with Crippen LogP contribution in [0, 0.1) is 5.82 Å². The Morgan fingerprint density at radius 3 is 2.41 bits per heavy atom. The van der Waals surface area contributed by atoms with Crippen LogP contribution in [0.1, 0.15) is 43.4 Å². The molecule has 41 heavy (non-hydrogen) atoms. The first kappa shape index (κ1) is 28.2. The molecule has 0 unspecified atom stereocenters. The third-order valence-electron chi connectivity index (χ3n) is 6.87. The summed E-state index contributed by atoms with van der Waals surface area (Å²) in [4.78, 5) is 50.3. The summed E-state index contributed by atoms with van der Waals surface area (Å²) in [6, 6.07) is 20.0. The molecule has 0 aromatic heterocycles. The maximum Gasteiger partial charge on any atom is 0.259 e. The van der Waals surface area contributed by atoms with Crippen molar-refractivity contribution in [2.24, 2.45) is 9.98 Å². The molecule has 0 radical (unpaired) electrons. The van der Waals surface area contributed by atoms with Crippen molar-refractivity contribution >= 4 is 51.9 Å². The van der Waals surface area contributed by atoms with Crippen LogP contribution in [0.2, 0.25) is 0 Å². The second-order valence-corrected chi connectivity index (χ2v) is 10.9. The minimum atomic E-state index is -0.929. The van der Waals surface area contributed by atoms with Crippen LogP contribution in [0.15, 0.2) is 82.8 Å². The SMILES string of the molecule is CCc1ccc(NC(=O)[C@H](CC)SC2=Nc3ccccc3C3=N[C@H](CC(=O)NCc4ccc(F)cc4)C(=O)N23)cc1. The number of carbonyl (C=O) groups excluding carboxylic acids is 3. The molecule has 3 aromatic rings. The van der Waals surface area contributed by atoms with E-state index < -0.39 is 11.3 Å². The number of nitrogens with one attached hydrogen (secondary N) is 2. The molecular weight excluding hydrogens is 541 g/mol. The Hall–Kier alpha value is -4.31. The molecule has 0 saturated carbocycles. The van der Waals surface area contributed by atoms with Gasteiger partial charge in [0.1, 0.15) is 17.7 Å². The Morgan fingerprint density at radius 1 is 1.00 bits per heavy atom. The van der Waals surface area contributed by atoms with Crippen molar-refractivity contribution in [2.75, 3.05) is 5.32 Å². The van der Waals surface area contributed by atoms with E-state index in [-0.39, 0.29) is 36.5 Å². The number of anilines is 1. The van der Waals surface area contributed by atoms with E-state index in [1.165, 1.54) is 34.4 Å². The normalized spacial score (nSPS) is 16.3. The number of fused-ring (bicyclic) bond motifs is 3. The summed E-state index contributed by atoms with van der Waals surface area (Å²) in [5.74, 6) is -0.845. The van der Waals surface area contributed by atoms with Crippen LogP contribution in [-0.4, -0.2) is 44.9 Å². The van der Waals surface area contributed by atoms with Gasteiger partial charge in [-0.05, 0) is 60.4 Å². The highest BCUT2D eigenvalue weighted by atomic mass is 32.2. The molecule has 3 aromatic carbocycles. The maximum absolute atomic E-state index is 13.6. The van der Waals surface area contributed by atoms with Crippen LogP contribution in [0.3, 0.4) is 0 Å². The lowest BCUT2D eigenvalue weighted by atomic mass is 10.1. The van der Waals surface area contributed by atoms with Gasteiger partial charge < -0.3 is 10.6 Å². The average molecular weight is 572 g/mol. The van der Waals surface area contributed by atoms with E-state index in [1.54, 1.807) is 12.1 Å². The fraction of sp³-hybridized carbons (Fsp3) is 0.258. The highest BCUT2D eigenvalue weighted by Crippen LogP contribution is 2.36. The largest absolute Gasteiger partial charge is 0.352 e. The third-order valence-corrected chi connectivity index (χ3v) is 8.19. The standard InChI is InChI=1S/C31H30FN5O3S/c1-3-19-11-15-22(16-12-19)34-29(39)26(4-2)41-31-36-24-8-6-5-7-23(24)28-35-25(30(40)37(28)31)17-27(38)33-18-20-9-13-21(32)14-10-20/h5-16,25-26H,3-4,17-18H2,1-2H3,(H,33,38)(H,34,39)/t25-,26+/m1/s1. The number of aliphatic imine (C=N–C) groups is 2. The van der Waals surface area contributed by atoms with Gasteiger partial charge in [0.05, 0.1) is 17.4 Å². The van der Waals surface area contributed by atoms with Crippen LogP contribution in [0.5, 0.6) is 0 Å². The van der Waals surface area contributed by atoms with Gasteiger partial charge in [-0.25, -0.2) is 14.3 Å². The Kier molecular flexibility index (Phi) is 8.58. The van der Waals surface area contributed by atoms with Gasteiger partial charge in [-0.15, -0.1) is 0 Å².